The van der Waals surface area contributed by atoms with Crippen molar-refractivity contribution in [2.45, 2.75) is 0 Å². The second-order valence-electron chi connectivity index (χ2n) is 15.8. The Hall–Kier alpha value is -8.26. The van der Waals surface area contributed by atoms with Crippen LogP contribution in [0.2, 0.25) is 0 Å². The van der Waals surface area contributed by atoms with E-state index in [1.54, 1.807) is 12.4 Å². The van der Waals surface area contributed by atoms with Crippen LogP contribution in [0.3, 0.4) is 0 Å². The Bertz CT molecular complexity index is 3510. The maximum absolute atomic E-state index is 6.32. The highest BCUT2D eigenvalue weighted by Gasteiger charge is 2.41. The first-order valence-electron chi connectivity index (χ1n) is 21.1. The van der Waals surface area contributed by atoms with Gasteiger partial charge < -0.3 is 4.42 Å². The van der Waals surface area contributed by atoms with Crippen LogP contribution in [0, 0.1) is 0 Å². The van der Waals surface area contributed by atoms with Crippen LogP contribution < -0.4 is 20.7 Å². The molecule has 296 valence electrons. The number of hydrogen-bond donors (Lipinski definition) is 0. The summed E-state index contributed by atoms with van der Waals surface area (Å²) >= 11 is 0. The molecule has 0 saturated carbocycles. The summed E-state index contributed by atoms with van der Waals surface area (Å²) in [6.45, 7) is 0. The number of fused-ring (bicyclic) bond motifs is 6. The van der Waals surface area contributed by atoms with Crippen molar-refractivity contribution in [1.29, 1.82) is 0 Å². The largest absolute Gasteiger partial charge is 0.454 e. The number of nitrogens with zero attached hydrogens (tertiary/aromatic N) is 5. The molecule has 0 unspecified atom stereocenters. The minimum absolute atomic E-state index is 0.531. The average molecular weight is 824 g/mol. The van der Waals surface area contributed by atoms with Gasteiger partial charge in [0.2, 0.25) is 5.95 Å². The first kappa shape index (κ1) is 36.6. The molecule has 0 aliphatic heterocycles. The van der Waals surface area contributed by atoms with Crippen molar-refractivity contribution in [3.8, 4) is 39.9 Å². The van der Waals surface area contributed by atoms with Crippen LogP contribution in [0.4, 0.5) is 0 Å². The zero-order chi connectivity index (χ0) is 41.7. The standard InChI is InChI=1S/C56H37N5OSi/c1-5-17-38(18-6-1)44-26-15-29-49-52(44)45-25-13-14-28-48(45)61(49)56-59-54(58-55(60-56)47-27-16-30-50-53(47)46-35-36-57-37-51(46)62-50)39-31-33-43(34-32-39)63(40-19-7-2-8-20-40,41-21-9-3-10-22-41)42-23-11-4-12-24-42/h1-37H. The minimum Gasteiger partial charge on any atom is -0.454 e. The lowest BCUT2D eigenvalue weighted by atomic mass is 9.99. The molecular weight excluding hydrogens is 787 g/mol. The van der Waals surface area contributed by atoms with Crippen LogP contribution in [0.15, 0.2) is 229 Å². The maximum Gasteiger partial charge on any atom is 0.238 e. The van der Waals surface area contributed by atoms with Crippen LogP contribution in [-0.4, -0.2) is 32.6 Å². The summed E-state index contributed by atoms with van der Waals surface area (Å²) < 4.78 is 8.51. The van der Waals surface area contributed by atoms with Gasteiger partial charge in [-0.25, -0.2) is 4.98 Å². The van der Waals surface area contributed by atoms with Crippen LogP contribution in [-0.2, 0) is 0 Å². The van der Waals surface area contributed by atoms with Gasteiger partial charge >= 0.3 is 0 Å². The predicted octanol–water partition coefficient (Wildman–Crippen LogP) is 10.6. The quantitative estimate of drug-likeness (QED) is 0.113. The molecule has 0 aliphatic rings. The molecule has 0 amide bonds. The Morgan fingerprint density at radius 1 is 0.381 bits per heavy atom. The molecule has 12 aromatic rings. The molecular formula is C56H37N5OSi. The van der Waals surface area contributed by atoms with Crippen LogP contribution in [0.1, 0.15) is 0 Å². The van der Waals surface area contributed by atoms with Crippen molar-refractivity contribution in [3.63, 3.8) is 0 Å². The van der Waals surface area contributed by atoms with Gasteiger partial charge in [-0.15, -0.1) is 0 Å². The molecule has 0 radical (unpaired) electrons. The van der Waals surface area contributed by atoms with E-state index in [1.807, 2.05) is 18.2 Å². The molecule has 0 aliphatic carbocycles. The molecule has 12 rings (SSSR count). The highest BCUT2D eigenvalue weighted by molar-refractivity contribution is 7.19. The molecule has 0 spiro atoms. The summed E-state index contributed by atoms with van der Waals surface area (Å²) in [6.07, 6.45) is 3.56. The van der Waals surface area contributed by atoms with E-state index in [9.17, 15) is 0 Å². The molecule has 0 saturated heterocycles. The Labute approximate surface area is 364 Å². The van der Waals surface area contributed by atoms with Crippen molar-refractivity contribution < 1.29 is 4.42 Å². The summed E-state index contributed by atoms with van der Waals surface area (Å²) in [5.74, 6) is 1.66. The Balaban J connectivity index is 1.11. The Morgan fingerprint density at radius 2 is 0.952 bits per heavy atom. The summed E-state index contributed by atoms with van der Waals surface area (Å²) in [5.41, 5.74) is 7.53. The molecule has 63 heavy (non-hydrogen) atoms. The average Bonchev–Trinajstić information content (AvgIpc) is 3.92. The van der Waals surface area contributed by atoms with Gasteiger partial charge in [-0.05, 0) is 56.1 Å². The van der Waals surface area contributed by atoms with E-state index >= 15 is 0 Å². The predicted molar refractivity (Wildman–Crippen MR) is 259 cm³/mol. The van der Waals surface area contributed by atoms with E-state index in [2.05, 4.69) is 204 Å². The topological polar surface area (TPSA) is 69.6 Å². The van der Waals surface area contributed by atoms with Crippen LogP contribution >= 0.6 is 0 Å². The molecule has 0 atom stereocenters. The monoisotopic (exact) mass is 823 g/mol. The molecule has 8 aromatic carbocycles. The third-order valence-corrected chi connectivity index (χ3v) is 17.1. The second-order valence-corrected chi connectivity index (χ2v) is 19.6. The van der Waals surface area contributed by atoms with E-state index in [0.717, 1.165) is 60.4 Å². The highest BCUT2D eigenvalue weighted by Crippen LogP contribution is 2.40. The first-order valence-corrected chi connectivity index (χ1v) is 23.1. The lowest BCUT2D eigenvalue weighted by molar-refractivity contribution is 0.667. The molecule has 0 bridgehead atoms. The van der Waals surface area contributed by atoms with Gasteiger partial charge in [0.15, 0.2) is 25.3 Å². The highest BCUT2D eigenvalue weighted by atomic mass is 28.3. The van der Waals surface area contributed by atoms with Crippen molar-refractivity contribution in [3.05, 3.63) is 225 Å². The molecule has 4 aromatic heterocycles. The van der Waals surface area contributed by atoms with Gasteiger partial charge in [-0.2, -0.15) is 9.97 Å². The number of hydrogen-bond acceptors (Lipinski definition) is 5. The smallest absolute Gasteiger partial charge is 0.238 e. The van der Waals surface area contributed by atoms with Gasteiger partial charge in [0.1, 0.15) is 5.58 Å². The summed E-state index contributed by atoms with van der Waals surface area (Å²) in [5, 5.41) is 9.38. The van der Waals surface area contributed by atoms with E-state index in [-0.39, 0.29) is 0 Å². The second kappa shape index (κ2) is 15.0. The van der Waals surface area contributed by atoms with Gasteiger partial charge in [0.25, 0.3) is 0 Å². The normalized spacial score (nSPS) is 11.8. The molecule has 6 nitrogen and oxygen atoms in total. The van der Waals surface area contributed by atoms with Crippen molar-refractivity contribution in [2.75, 3.05) is 0 Å². The third-order valence-electron chi connectivity index (χ3n) is 12.3. The first-order chi connectivity index (χ1) is 31.3. The van der Waals surface area contributed by atoms with Gasteiger partial charge in [-0.3, -0.25) is 9.55 Å². The number of benzene rings is 8. The van der Waals surface area contributed by atoms with Gasteiger partial charge in [0.05, 0.1) is 17.2 Å². The number of rotatable bonds is 8. The molecule has 0 N–H and O–H groups in total. The fraction of sp³-hybridized carbons (Fsp3) is 0. The third kappa shape index (κ3) is 5.93. The lowest BCUT2D eigenvalue weighted by Crippen LogP contribution is -2.74. The molecule has 0 fully saturated rings. The molecule has 7 heteroatoms. The summed E-state index contributed by atoms with van der Waals surface area (Å²) in [6, 6.07) is 75.5. The Morgan fingerprint density at radius 3 is 1.65 bits per heavy atom. The van der Waals surface area contributed by atoms with Crippen molar-refractivity contribution >= 4 is 72.6 Å². The fourth-order valence-corrected chi connectivity index (χ4v) is 14.4. The SMILES string of the molecule is c1ccc(-c2cccc3c2c2ccccc2n3-c2nc(-c3ccc([Si](c4ccccc4)(c4ccccc4)c4ccccc4)cc3)nc(-c3cccc4oc5cnccc5c34)n2)cc1. The lowest BCUT2D eigenvalue weighted by Gasteiger charge is -2.34. The van der Waals surface area contributed by atoms with E-state index in [4.69, 9.17) is 19.4 Å². The van der Waals surface area contributed by atoms with Crippen LogP contribution in [0.5, 0.6) is 0 Å². The van der Waals surface area contributed by atoms with E-state index in [0.29, 0.717) is 23.2 Å². The van der Waals surface area contributed by atoms with E-state index < -0.39 is 8.07 Å². The number of para-hydroxylation sites is 1. The van der Waals surface area contributed by atoms with Crippen molar-refractivity contribution in [2.24, 2.45) is 0 Å². The van der Waals surface area contributed by atoms with Crippen LogP contribution in [0.25, 0.3) is 83.6 Å². The minimum atomic E-state index is -2.76. The maximum atomic E-state index is 6.32. The fourth-order valence-electron chi connectivity index (χ4n) is 9.61. The zero-order valence-corrected chi connectivity index (χ0v) is 35.0. The summed E-state index contributed by atoms with van der Waals surface area (Å²) in [7, 11) is -2.76. The van der Waals surface area contributed by atoms with Gasteiger partial charge in [-0.1, -0.05) is 188 Å². The zero-order valence-electron chi connectivity index (χ0n) is 34.0. The summed E-state index contributed by atoms with van der Waals surface area (Å²) in [4.78, 5) is 20.4. The number of aromatic nitrogens is 5. The number of furan rings is 1. The Kier molecular flexibility index (Phi) is 8.72. The number of pyridine rings is 1. The molecule has 4 heterocycles. The van der Waals surface area contributed by atoms with Gasteiger partial charge in [0, 0.05) is 38.9 Å². The van der Waals surface area contributed by atoms with E-state index in [1.165, 1.54) is 20.7 Å². The van der Waals surface area contributed by atoms with Crippen molar-refractivity contribution in [1.82, 2.24) is 24.5 Å².